The van der Waals surface area contributed by atoms with Crippen LogP contribution in [0.3, 0.4) is 0 Å². The summed E-state index contributed by atoms with van der Waals surface area (Å²) < 4.78 is 0. The summed E-state index contributed by atoms with van der Waals surface area (Å²) >= 11 is 1.71. The molecule has 1 aromatic heterocycles. The number of rotatable bonds is 3. The first kappa shape index (κ1) is 11.1. The van der Waals surface area contributed by atoms with Crippen LogP contribution in [0.5, 0.6) is 0 Å². The summed E-state index contributed by atoms with van der Waals surface area (Å²) in [7, 11) is 0. The van der Waals surface area contributed by atoms with E-state index in [1.165, 1.54) is 5.56 Å². The summed E-state index contributed by atoms with van der Waals surface area (Å²) in [5, 5.41) is 18.3. The van der Waals surface area contributed by atoms with Crippen LogP contribution in [0.2, 0.25) is 0 Å². The summed E-state index contributed by atoms with van der Waals surface area (Å²) in [5.41, 5.74) is 0.795. The van der Waals surface area contributed by atoms with Gasteiger partial charge >= 0.3 is 0 Å². The predicted octanol–water partition coefficient (Wildman–Crippen LogP) is 2.04. The zero-order valence-electron chi connectivity index (χ0n) is 9.20. The Kier molecular flexibility index (Phi) is 3.44. The van der Waals surface area contributed by atoms with Crippen molar-refractivity contribution in [3.8, 4) is 0 Å². The molecule has 0 spiro atoms. The molecular formula is C12H19NOS. The molecule has 0 aromatic carbocycles. The van der Waals surface area contributed by atoms with Crippen molar-refractivity contribution in [3.63, 3.8) is 0 Å². The fourth-order valence-corrected chi connectivity index (χ4v) is 3.15. The van der Waals surface area contributed by atoms with Crippen LogP contribution in [0.1, 0.15) is 25.3 Å². The van der Waals surface area contributed by atoms with Crippen molar-refractivity contribution in [1.82, 2.24) is 5.32 Å². The van der Waals surface area contributed by atoms with E-state index in [0.29, 0.717) is 5.92 Å². The Labute approximate surface area is 95.3 Å². The number of nitrogens with one attached hydrogen (secondary N) is 1. The zero-order valence-corrected chi connectivity index (χ0v) is 10.0. The van der Waals surface area contributed by atoms with Crippen molar-refractivity contribution in [2.75, 3.05) is 13.1 Å². The Hall–Kier alpha value is -0.380. The molecule has 2 atom stereocenters. The van der Waals surface area contributed by atoms with Gasteiger partial charge < -0.3 is 10.4 Å². The lowest BCUT2D eigenvalue weighted by molar-refractivity contribution is -0.0413. The minimum Gasteiger partial charge on any atom is -0.389 e. The SMILES string of the molecule is CCC1CNCCC1(O)Cc1ccsc1. The molecule has 1 fully saturated rings. The molecule has 84 valence electrons. The van der Waals surface area contributed by atoms with Crippen LogP contribution in [0.25, 0.3) is 0 Å². The maximum atomic E-state index is 10.7. The van der Waals surface area contributed by atoms with Crippen molar-refractivity contribution in [2.24, 2.45) is 5.92 Å². The summed E-state index contributed by atoms with van der Waals surface area (Å²) in [6, 6.07) is 2.12. The molecule has 0 amide bonds. The Balaban J connectivity index is 2.09. The second-order valence-electron chi connectivity index (χ2n) is 4.47. The van der Waals surface area contributed by atoms with Crippen molar-refractivity contribution in [2.45, 2.75) is 31.8 Å². The molecule has 2 heterocycles. The summed E-state index contributed by atoms with van der Waals surface area (Å²) in [4.78, 5) is 0. The van der Waals surface area contributed by atoms with E-state index < -0.39 is 5.60 Å². The van der Waals surface area contributed by atoms with Gasteiger partial charge in [-0.3, -0.25) is 0 Å². The molecule has 1 aromatic rings. The van der Waals surface area contributed by atoms with Gasteiger partial charge in [0.15, 0.2) is 0 Å². The van der Waals surface area contributed by atoms with Gasteiger partial charge in [0.05, 0.1) is 5.60 Å². The molecule has 2 N–H and O–H groups in total. The van der Waals surface area contributed by atoms with Gasteiger partial charge in [0.1, 0.15) is 0 Å². The molecule has 1 aliphatic rings. The van der Waals surface area contributed by atoms with Crippen molar-refractivity contribution < 1.29 is 5.11 Å². The van der Waals surface area contributed by atoms with Gasteiger partial charge in [-0.1, -0.05) is 6.92 Å². The highest BCUT2D eigenvalue weighted by Gasteiger charge is 2.37. The van der Waals surface area contributed by atoms with E-state index in [1.54, 1.807) is 11.3 Å². The Morgan fingerprint density at radius 3 is 3.20 bits per heavy atom. The third kappa shape index (κ3) is 2.41. The molecule has 0 radical (unpaired) electrons. The minimum absolute atomic E-state index is 0.395. The monoisotopic (exact) mass is 225 g/mol. The number of thiophene rings is 1. The molecule has 1 saturated heterocycles. The Morgan fingerprint density at radius 1 is 1.67 bits per heavy atom. The fraction of sp³-hybridized carbons (Fsp3) is 0.667. The van der Waals surface area contributed by atoms with Gasteiger partial charge in [0.2, 0.25) is 0 Å². The smallest absolute Gasteiger partial charge is 0.0740 e. The van der Waals surface area contributed by atoms with Gasteiger partial charge in [-0.05, 0) is 41.8 Å². The highest BCUT2D eigenvalue weighted by Crippen LogP contribution is 2.31. The van der Waals surface area contributed by atoms with Gasteiger partial charge in [0, 0.05) is 18.9 Å². The van der Waals surface area contributed by atoms with Crippen LogP contribution < -0.4 is 5.32 Å². The van der Waals surface area contributed by atoms with Crippen LogP contribution in [0.4, 0.5) is 0 Å². The number of hydrogen-bond donors (Lipinski definition) is 2. The highest BCUT2D eigenvalue weighted by atomic mass is 32.1. The second kappa shape index (κ2) is 4.64. The Bertz CT molecular complexity index is 299. The third-order valence-electron chi connectivity index (χ3n) is 3.47. The van der Waals surface area contributed by atoms with Crippen LogP contribution >= 0.6 is 11.3 Å². The highest BCUT2D eigenvalue weighted by molar-refractivity contribution is 7.07. The zero-order chi connectivity index (χ0) is 10.7. The van der Waals surface area contributed by atoms with E-state index in [2.05, 4.69) is 29.1 Å². The topological polar surface area (TPSA) is 32.3 Å². The van der Waals surface area contributed by atoms with Gasteiger partial charge in [-0.2, -0.15) is 11.3 Å². The largest absolute Gasteiger partial charge is 0.389 e. The molecule has 1 aliphatic heterocycles. The third-order valence-corrected chi connectivity index (χ3v) is 4.20. The lowest BCUT2D eigenvalue weighted by atomic mass is 9.76. The maximum Gasteiger partial charge on any atom is 0.0740 e. The van der Waals surface area contributed by atoms with Gasteiger partial charge in [-0.25, -0.2) is 0 Å². The molecule has 2 nitrogen and oxygen atoms in total. The van der Waals surface area contributed by atoms with E-state index in [-0.39, 0.29) is 0 Å². The van der Waals surface area contributed by atoms with Crippen LogP contribution in [-0.4, -0.2) is 23.8 Å². The lowest BCUT2D eigenvalue weighted by Crippen LogP contribution is -2.51. The van der Waals surface area contributed by atoms with Crippen molar-refractivity contribution in [1.29, 1.82) is 0 Å². The molecule has 0 bridgehead atoms. The second-order valence-corrected chi connectivity index (χ2v) is 5.25. The van der Waals surface area contributed by atoms with Crippen LogP contribution in [0.15, 0.2) is 16.8 Å². The Morgan fingerprint density at radius 2 is 2.53 bits per heavy atom. The molecule has 2 unspecified atom stereocenters. The average Bonchev–Trinajstić information content (AvgIpc) is 2.70. The van der Waals surface area contributed by atoms with E-state index in [4.69, 9.17) is 0 Å². The molecular weight excluding hydrogens is 206 g/mol. The van der Waals surface area contributed by atoms with Gasteiger partial charge in [0.25, 0.3) is 0 Å². The molecule has 0 aliphatic carbocycles. The first-order chi connectivity index (χ1) is 7.24. The van der Waals surface area contributed by atoms with Crippen LogP contribution in [-0.2, 0) is 6.42 Å². The lowest BCUT2D eigenvalue weighted by Gasteiger charge is -2.40. The van der Waals surface area contributed by atoms with E-state index in [9.17, 15) is 5.11 Å². The number of piperidine rings is 1. The number of hydrogen-bond acceptors (Lipinski definition) is 3. The molecule has 15 heavy (non-hydrogen) atoms. The first-order valence-corrected chi connectivity index (χ1v) is 6.63. The van der Waals surface area contributed by atoms with Crippen molar-refractivity contribution >= 4 is 11.3 Å². The minimum atomic E-state index is -0.485. The van der Waals surface area contributed by atoms with E-state index >= 15 is 0 Å². The fourth-order valence-electron chi connectivity index (χ4n) is 2.48. The maximum absolute atomic E-state index is 10.7. The molecule has 0 saturated carbocycles. The standard InChI is InChI=1S/C12H19NOS/c1-2-11-8-13-5-4-12(11,14)7-10-3-6-15-9-10/h3,6,9,11,13-14H,2,4-5,7-8H2,1H3. The summed E-state index contributed by atoms with van der Waals surface area (Å²) in [6.45, 7) is 4.06. The normalized spacial score (nSPS) is 31.7. The van der Waals surface area contributed by atoms with Gasteiger partial charge in [-0.15, -0.1) is 0 Å². The molecule has 3 heteroatoms. The summed E-state index contributed by atoms with van der Waals surface area (Å²) in [5.74, 6) is 0.395. The average molecular weight is 225 g/mol. The van der Waals surface area contributed by atoms with Crippen molar-refractivity contribution in [3.05, 3.63) is 22.4 Å². The quantitative estimate of drug-likeness (QED) is 0.825. The predicted molar refractivity (Wildman–Crippen MR) is 64.2 cm³/mol. The molecule has 2 rings (SSSR count). The van der Waals surface area contributed by atoms with E-state index in [1.807, 2.05) is 0 Å². The van der Waals surface area contributed by atoms with E-state index in [0.717, 1.165) is 32.4 Å². The first-order valence-electron chi connectivity index (χ1n) is 5.69. The number of aliphatic hydroxyl groups is 1. The summed E-state index contributed by atoms with van der Waals surface area (Å²) in [6.07, 6.45) is 2.74. The van der Waals surface area contributed by atoms with Crippen LogP contribution in [0, 0.1) is 5.92 Å².